The molecule has 5 rings (SSSR count). The predicted molar refractivity (Wildman–Crippen MR) is 188 cm³/mol. The van der Waals surface area contributed by atoms with Crippen molar-refractivity contribution in [3.8, 4) is 33.6 Å². The molecule has 2 nitrogen and oxygen atoms in total. The molecule has 0 amide bonds. The third kappa shape index (κ3) is 9.80. The molecule has 1 radical (unpaired) electrons. The van der Waals surface area contributed by atoms with Gasteiger partial charge in [-0.15, -0.1) is 71.8 Å². The first-order chi connectivity index (χ1) is 23.9. The molecule has 0 unspecified atom stereocenters. The fourth-order valence-electron chi connectivity index (χ4n) is 4.62. The Kier molecular flexibility index (Phi) is 8.74. The number of rotatable bonds is 5. The van der Waals surface area contributed by atoms with Gasteiger partial charge in [0.15, 0.2) is 0 Å². The van der Waals surface area contributed by atoms with E-state index in [9.17, 15) is 0 Å². The maximum Gasteiger partial charge on any atom is 0.0319 e. The van der Waals surface area contributed by atoms with Crippen LogP contribution in [-0.2, 0) is 37.3 Å². The molecule has 0 spiro atoms. The van der Waals surface area contributed by atoms with Crippen molar-refractivity contribution in [2.75, 3.05) is 0 Å². The molecule has 45 heavy (non-hydrogen) atoms. The minimum absolute atomic E-state index is 0. The average molecular weight is 781 g/mol. The van der Waals surface area contributed by atoms with Crippen LogP contribution in [0.1, 0.15) is 94.2 Å². The zero-order chi connectivity index (χ0) is 38.9. The number of aryl methyl sites for hydroxylation is 2. The summed E-state index contributed by atoms with van der Waals surface area (Å²) in [5.41, 5.74) is 7.02. The van der Waals surface area contributed by atoms with E-state index in [0.29, 0.717) is 16.8 Å². The average Bonchev–Trinajstić information content (AvgIpc) is 3.07. The van der Waals surface area contributed by atoms with Crippen LogP contribution < -0.4 is 0 Å². The van der Waals surface area contributed by atoms with E-state index in [1.165, 1.54) is 29.6 Å². The summed E-state index contributed by atoms with van der Waals surface area (Å²) >= 11 is 0. The van der Waals surface area contributed by atoms with Crippen molar-refractivity contribution >= 4 is 0 Å². The molecule has 5 aromatic rings. The molecule has 0 aliphatic carbocycles. The van der Waals surface area contributed by atoms with Crippen molar-refractivity contribution in [2.24, 2.45) is 5.92 Å². The molecule has 0 N–H and O–H groups in total. The Morgan fingerprint density at radius 1 is 0.711 bits per heavy atom. The number of benzene rings is 3. The number of nitrogens with zero attached hydrogens (tertiary/aromatic N) is 2. The van der Waals surface area contributed by atoms with Crippen LogP contribution in [0.3, 0.4) is 0 Å². The summed E-state index contributed by atoms with van der Waals surface area (Å²) in [5.74, 6) is -0.357. The van der Waals surface area contributed by atoms with Crippen LogP contribution in [-0.4, -0.2) is 9.97 Å². The van der Waals surface area contributed by atoms with Crippen molar-refractivity contribution in [2.45, 2.75) is 86.3 Å². The summed E-state index contributed by atoms with van der Waals surface area (Å²) in [7, 11) is 0. The van der Waals surface area contributed by atoms with Crippen LogP contribution in [0.25, 0.3) is 33.6 Å². The molecule has 0 bridgehead atoms. The van der Waals surface area contributed by atoms with Crippen molar-refractivity contribution in [1.82, 2.24) is 9.97 Å². The van der Waals surface area contributed by atoms with Crippen LogP contribution in [0.5, 0.6) is 0 Å². The standard InChI is InChI=1S/C26H30N.C16H18N.Ir/c1-18-17-27-24(19-11-9-8-10-12-19)16-23(18)20-13-21(25(2,3)4)15-22(14-20)26(5,6)7;1-12(2)9-15-11-17-16(10-13(15)3)14-7-5-4-6-8-14;/h8-11,13-17H,1-7H3;4-7,10-12H,9H2,1-3H3;/q2*-1;/i1D3;3D3,9D2;. The van der Waals surface area contributed by atoms with Crippen molar-refractivity contribution in [3.63, 3.8) is 0 Å². The van der Waals surface area contributed by atoms with E-state index >= 15 is 0 Å². The van der Waals surface area contributed by atoms with Crippen molar-refractivity contribution < 1.29 is 31.1 Å². The third-order valence-corrected chi connectivity index (χ3v) is 7.20. The molecule has 0 aliphatic heterocycles. The minimum Gasteiger partial charge on any atom is -0.304 e. The van der Waals surface area contributed by atoms with Crippen molar-refractivity contribution in [1.29, 1.82) is 0 Å². The molecule has 0 saturated carbocycles. The molecule has 2 heterocycles. The molecular weight excluding hydrogens is 725 g/mol. The number of aromatic nitrogens is 2. The Morgan fingerprint density at radius 3 is 1.71 bits per heavy atom. The second-order valence-corrected chi connectivity index (χ2v) is 13.4. The van der Waals surface area contributed by atoms with Gasteiger partial charge in [0.2, 0.25) is 0 Å². The van der Waals surface area contributed by atoms with Gasteiger partial charge in [0.25, 0.3) is 0 Å². The Morgan fingerprint density at radius 2 is 1.24 bits per heavy atom. The Hall–Kier alpha value is -3.39. The van der Waals surface area contributed by atoms with Gasteiger partial charge in [0, 0.05) is 43.5 Å². The van der Waals surface area contributed by atoms with Gasteiger partial charge in [0.05, 0.1) is 0 Å². The first-order valence-electron chi connectivity index (χ1n) is 19.0. The normalized spacial score (nSPS) is 15.0. The molecule has 0 aliphatic rings. The molecule has 3 heteroatoms. The van der Waals surface area contributed by atoms with E-state index in [0.717, 1.165) is 16.8 Å². The van der Waals surface area contributed by atoms with E-state index in [2.05, 4.69) is 81.8 Å². The Labute approximate surface area is 297 Å². The van der Waals surface area contributed by atoms with Gasteiger partial charge in [-0.1, -0.05) is 91.3 Å². The fourth-order valence-corrected chi connectivity index (χ4v) is 4.62. The van der Waals surface area contributed by atoms with Gasteiger partial charge in [-0.25, -0.2) is 0 Å². The molecule has 0 atom stereocenters. The van der Waals surface area contributed by atoms with E-state index in [1.54, 1.807) is 26.0 Å². The van der Waals surface area contributed by atoms with Gasteiger partial charge in [-0.3, -0.25) is 0 Å². The molecule has 0 saturated heterocycles. The van der Waals surface area contributed by atoms with Crippen LogP contribution >= 0.6 is 0 Å². The molecule has 237 valence electrons. The number of hydrogen-bond acceptors (Lipinski definition) is 2. The number of hydrogen-bond donors (Lipinski definition) is 0. The Bertz CT molecular complexity index is 1940. The van der Waals surface area contributed by atoms with Crippen LogP contribution in [0.15, 0.2) is 91.3 Å². The molecule has 2 aromatic heterocycles. The van der Waals surface area contributed by atoms with Crippen LogP contribution in [0, 0.1) is 31.8 Å². The molecule has 0 fully saturated rings. The van der Waals surface area contributed by atoms with E-state index in [4.69, 9.17) is 11.0 Å². The number of pyridine rings is 2. The second-order valence-electron chi connectivity index (χ2n) is 13.4. The largest absolute Gasteiger partial charge is 0.304 e. The maximum absolute atomic E-state index is 8.19. The van der Waals surface area contributed by atoms with Gasteiger partial charge in [-0.05, 0) is 81.6 Å². The first kappa shape index (κ1) is 25.8. The van der Waals surface area contributed by atoms with Gasteiger partial charge in [0.1, 0.15) is 0 Å². The van der Waals surface area contributed by atoms with Gasteiger partial charge < -0.3 is 9.97 Å². The summed E-state index contributed by atoms with van der Waals surface area (Å²) in [6.07, 6.45) is 1.09. The zero-order valence-corrected chi connectivity index (χ0v) is 29.9. The van der Waals surface area contributed by atoms with Crippen molar-refractivity contribution in [3.05, 3.63) is 131 Å². The van der Waals surface area contributed by atoms with E-state index in [-0.39, 0.29) is 53.5 Å². The van der Waals surface area contributed by atoms with Crippen LogP contribution in [0.4, 0.5) is 0 Å². The summed E-state index contributed by atoms with van der Waals surface area (Å²) in [4.78, 5) is 8.70. The summed E-state index contributed by atoms with van der Waals surface area (Å²) in [6.45, 7) is 11.9. The quantitative estimate of drug-likeness (QED) is 0.166. The van der Waals surface area contributed by atoms with Gasteiger partial charge >= 0.3 is 0 Å². The summed E-state index contributed by atoms with van der Waals surface area (Å²) < 4.78 is 63.8. The maximum atomic E-state index is 8.19. The minimum atomic E-state index is -2.40. The SMILES string of the molecule is [2H]C([2H])([2H])c1cc(-c2[c-]cccc2)ncc1C([2H])([2H])C(C)C.[2H]C([2H])([2H])c1cnc(-c2[c-]cccc2)cc1-c1cc(C(C)(C)C)cc(C(C)(C)C)c1.[Ir]. The summed E-state index contributed by atoms with van der Waals surface area (Å²) in [5, 5.41) is 0. The fraction of sp³-hybridized carbons (Fsp3) is 0.333. The zero-order valence-electron chi connectivity index (χ0n) is 35.5. The topological polar surface area (TPSA) is 25.8 Å². The molecule has 3 aromatic carbocycles. The van der Waals surface area contributed by atoms with E-state index in [1.807, 2.05) is 42.5 Å². The summed E-state index contributed by atoms with van der Waals surface area (Å²) in [6, 6.07) is 30.8. The Balaban J connectivity index is 0.000000293. The van der Waals surface area contributed by atoms with E-state index < -0.39 is 20.1 Å². The van der Waals surface area contributed by atoms with Crippen LogP contribution in [0.2, 0.25) is 0 Å². The smallest absolute Gasteiger partial charge is 0.0319 e. The monoisotopic (exact) mass is 781 g/mol. The predicted octanol–water partition coefficient (Wildman–Crippen LogP) is 11.2. The second kappa shape index (κ2) is 15.3. The first-order valence-corrected chi connectivity index (χ1v) is 15.0. The van der Waals surface area contributed by atoms with Gasteiger partial charge in [-0.2, -0.15) is 0 Å². The third-order valence-electron chi connectivity index (χ3n) is 7.20. The molecular formula is C42H48IrN2-2.